The Labute approximate surface area is 316 Å². The van der Waals surface area contributed by atoms with Gasteiger partial charge in [0, 0.05) is 33.8 Å². The molecule has 0 radical (unpaired) electrons. The lowest BCUT2D eigenvalue weighted by molar-refractivity contribution is 0.746. The molecule has 0 bridgehead atoms. The molecular formula is C52H40N2. The lowest BCUT2D eigenvalue weighted by Crippen LogP contribution is -2.33. The standard InChI is InChI=1S/C52H40N2/c1-3-11-37(12-4-1)38-19-21-39(22-20-38)40-23-30-45(31-24-40)53(44-14-5-2-6-15-44)46-32-25-41(26-33-46)42-27-34-47(35-28-42)54-50-18-10-9-17-49(50)52-48-16-8-7-13-43(48)29-36-51(52)54/h1-23,25-32,34-36,40,46H,24,33H2. The third kappa shape index (κ3) is 5.77. The summed E-state index contributed by atoms with van der Waals surface area (Å²) in [5, 5.41) is 5.17. The van der Waals surface area contributed by atoms with E-state index in [1.165, 1.54) is 77.5 Å². The van der Waals surface area contributed by atoms with Gasteiger partial charge in [-0.15, -0.1) is 0 Å². The van der Waals surface area contributed by atoms with Crippen LogP contribution in [-0.2, 0) is 0 Å². The molecule has 54 heavy (non-hydrogen) atoms. The van der Waals surface area contributed by atoms with Crippen LogP contribution in [0.2, 0.25) is 0 Å². The van der Waals surface area contributed by atoms with Crippen LogP contribution in [0.5, 0.6) is 0 Å². The van der Waals surface area contributed by atoms with E-state index in [0.717, 1.165) is 12.8 Å². The van der Waals surface area contributed by atoms with Gasteiger partial charge in [0.25, 0.3) is 0 Å². The molecule has 0 saturated heterocycles. The molecule has 2 unspecified atom stereocenters. The van der Waals surface area contributed by atoms with Crippen LogP contribution in [-0.4, -0.2) is 10.6 Å². The van der Waals surface area contributed by atoms with Crippen molar-refractivity contribution in [2.24, 2.45) is 0 Å². The number of anilines is 1. The molecule has 0 fully saturated rings. The molecular weight excluding hydrogens is 653 g/mol. The zero-order valence-corrected chi connectivity index (χ0v) is 30.1. The van der Waals surface area contributed by atoms with Gasteiger partial charge < -0.3 is 9.47 Å². The van der Waals surface area contributed by atoms with Crippen molar-refractivity contribution in [1.82, 2.24) is 4.57 Å². The molecule has 0 N–H and O–H groups in total. The Morgan fingerprint density at radius 3 is 1.91 bits per heavy atom. The molecule has 2 atom stereocenters. The van der Waals surface area contributed by atoms with Crippen molar-refractivity contribution >= 4 is 43.8 Å². The maximum absolute atomic E-state index is 2.50. The van der Waals surface area contributed by atoms with Crippen molar-refractivity contribution in [2.75, 3.05) is 4.90 Å². The molecule has 0 amide bonds. The molecule has 10 rings (SSSR count). The van der Waals surface area contributed by atoms with Crippen molar-refractivity contribution in [1.29, 1.82) is 0 Å². The van der Waals surface area contributed by atoms with Gasteiger partial charge in [0.05, 0.1) is 17.1 Å². The van der Waals surface area contributed by atoms with Crippen LogP contribution in [0.3, 0.4) is 0 Å². The summed E-state index contributed by atoms with van der Waals surface area (Å²) in [6.07, 6.45) is 16.2. The first-order valence-electron chi connectivity index (χ1n) is 19.1. The molecule has 0 spiro atoms. The third-order valence-corrected chi connectivity index (χ3v) is 11.3. The second-order valence-electron chi connectivity index (χ2n) is 14.4. The lowest BCUT2D eigenvalue weighted by Gasteiger charge is -2.35. The highest BCUT2D eigenvalue weighted by atomic mass is 15.2. The fourth-order valence-corrected chi connectivity index (χ4v) is 8.54. The Balaban J connectivity index is 0.895. The van der Waals surface area contributed by atoms with Gasteiger partial charge in [-0.2, -0.15) is 0 Å². The zero-order chi connectivity index (χ0) is 35.8. The van der Waals surface area contributed by atoms with Gasteiger partial charge in [-0.05, 0) is 93.9 Å². The summed E-state index contributed by atoms with van der Waals surface area (Å²) >= 11 is 0. The minimum absolute atomic E-state index is 0.223. The van der Waals surface area contributed by atoms with Gasteiger partial charge in [0.15, 0.2) is 0 Å². The fraction of sp³-hybridized carbons (Fsp3) is 0.0769. The number of aromatic nitrogens is 1. The van der Waals surface area contributed by atoms with Crippen LogP contribution in [0.15, 0.2) is 212 Å². The van der Waals surface area contributed by atoms with Crippen molar-refractivity contribution in [3.8, 4) is 16.8 Å². The largest absolute Gasteiger partial charge is 0.335 e. The van der Waals surface area contributed by atoms with E-state index < -0.39 is 0 Å². The second kappa shape index (κ2) is 13.7. The van der Waals surface area contributed by atoms with Crippen LogP contribution in [0, 0.1) is 0 Å². The topological polar surface area (TPSA) is 8.17 Å². The normalized spacial score (nSPS) is 16.8. The molecule has 2 aliphatic rings. The maximum Gasteiger partial charge on any atom is 0.0560 e. The van der Waals surface area contributed by atoms with Crippen LogP contribution in [0.4, 0.5) is 5.69 Å². The number of para-hydroxylation sites is 2. The zero-order valence-electron chi connectivity index (χ0n) is 30.1. The van der Waals surface area contributed by atoms with E-state index in [4.69, 9.17) is 0 Å². The predicted molar refractivity (Wildman–Crippen MR) is 229 cm³/mol. The fourth-order valence-electron chi connectivity index (χ4n) is 8.54. The van der Waals surface area contributed by atoms with Gasteiger partial charge in [-0.3, -0.25) is 0 Å². The van der Waals surface area contributed by atoms with E-state index in [0.29, 0.717) is 5.92 Å². The first-order valence-corrected chi connectivity index (χ1v) is 19.1. The van der Waals surface area contributed by atoms with Crippen LogP contribution in [0.25, 0.3) is 55.0 Å². The van der Waals surface area contributed by atoms with Crippen molar-refractivity contribution in [2.45, 2.75) is 24.8 Å². The molecule has 258 valence electrons. The van der Waals surface area contributed by atoms with Gasteiger partial charge in [0.2, 0.25) is 0 Å². The number of allylic oxidation sites excluding steroid dienone is 5. The molecule has 1 heterocycles. The smallest absolute Gasteiger partial charge is 0.0560 e. The van der Waals surface area contributed by atoms with Gasteiger partial charge in [0.1, 0.15) is 0 Å². The summed E-state index contributed by atoms with van der Waals surface area (Å²) < 4.78 is 2.41. The Morgan fingerprint density at radius 1 is 0.481 bits per heavy atom. The van der Waals surface area contributed by atoms with Gasteiger partial charge in [-0.1, -0.05) is 164 Å². The van der Waals surface area contributed by atoms with Crippen LogP contribution >= 0.6 is 0 Å². The van der Waals surface area contributed by atoms with Crippen molar-refractivity contribution in [3.05, 3.63) is 223 Å². The van der Waals surface area contributed by atoms with E-state index in [-0.39, 0.29) is 6.04 Å². The summed E-state index contributed by atoms with van der Waals surface area (Å²) in [5.41, 5.74) is 12.5. The first-order chi connectivity index (χ1) is 26.8. The summed E-state index contributed by atoms with van der Waals surface area (Å²) in [6.45, 7) is 0. The van der Waals surface area contributed by atoms with Gasteiger partial charge in [-0.25, -0.2) is 0 Å². The SMILES string of the molecule is C1=CC(N(C2=CCC(c3ccc(-c4ccccc4)cc3)C=C2)c2ccccc2)CC=C1c1ccc(-n2c3ccccc3c3c4ccccc4ccc32)cc1. The second-order valence-corrected chi connectivity index (χ2v) is 14.4. The first kappa shape index (κ1) is 32.0. The number of hydrogen-bond donors (Lipinski definition) is 0. The highest BCUT2D eigenvalue weighted by molar-refractivity contribution is 6.21. The highest BCUT2D eigenvalue weighted by Crippen LogP contribution is 2.38. The third-order valence-electron chi connectivity index (χ3n) is 11.3. The minimum Gasteiger partial charge on any atom is -0.335 e. The molecule has 0 aliphatic heterocycles. The molecule has 2 aliphatic carbocycles. The van der Waals surface area contributed by atoms with E-state index in [9.17, 15) is 0 Å². The van der Waals surface area contributed by atoms with Gasteiger partial charge >= 0.3 is 0 Å². The number of nitrogens with zero attached hydrogens (tertiary/aromatic N) is 2. The Hall–Kier alpha value is -6.64. The minimum atomic E-state index is 0.223. The molecule has 7 aromatic carbocycles. The van der Waals surface area contributed by atoms with E-state index in [2.05, 4.69) is 216 Å². The lowest BCUT2D eigenvalue weighted by atomic mass is 9.89. The summed E-state index contributed by atoms with van der Waals surface area (Å²) in [7, 11) is 0. The summed E-state index contributed by atoms with van der Waals surface area (Å²) in [4.78, 5) is 2.50. The number of benzene rings is 7. The maximum atomic E-state index is 2.50. The highest BCUT2D eigenvalue weighted by Gasteiger charge is 2.24. The average molecular weight is 693 g/mol. The quantitative estimate of drug-likeness (QED) is 0.161. The summed E-state index contributed by atoms with van der Waals surface area (Å²) in [5.74, 6) is 0.370. The molecule has 8 aromatic rings. The Kier molecular flexibility index (Phi) is 8.15. The van der Waals surface area contributed by atoms with Crippen molar-refractivity contribution < 1.29 is 0 Å². The number of fused-ring (bicyclic) bond motifs is 5. The van der Waals surface area contributed by atoms with E-state index in [1.807, 2.05) is 0 Å². The molecule has 0 saturated carbocycles. The predicted octanol–water partition coefficient (Wildman–Crippen LogP) is 13.4. The molecule has 1 aromatic heterocycles. The monoisotopic (exact) mass is 692 g/mol. The van der Waals surface area contributed by atoms with Crippen LogP contribution < -0.4 is 4.90 Å². The molecule has 2 nitrogen and oxygen atoms in total. The Morgan fingerprint density at radius 2 is 1.17 bits per heavy atom. The number of hydrogen-bond acceptors (Lipinski definition) is 1. The van der Waals surface area contributed by atoms with Crippen LogP contribution in [0.1, 0.15) is 29.9 Å². The summed E-state index contributed by atoms with van der Waals surface area (Å²) in [6, 6.07) is 61.9. The average Bonchev–Trinajstić information content (AvgIpc) is 3.60. The molecule has 2 heteroatoms. The van der Waals surface area contributed by atoms with Crippen molar-refractivity contribution in [3.63, 3.8) is 0 Å². The number of rotatable bonds is 7. The van der Waals surface area contributed by atoms with E-state index >= 15 is 0 Å². The Bertz CT molecular complexity index is 2750. The van der Waals surface area contributed by atoms with E-state index in [1.54, 1.807) is 0 Å².